The molecular weight excluding hydrogens is 242 g/mol. The number of carbonyl (C=O) groups is 1. The quantitative estimate of drug-likeness (QED) is 0.791. The molecule has 2 aliphatic heterocycles. The molecule has 2 fully saturated rings. The van der Waals surface area contributed by atoms with Gasteiger partial charge in [0.05, 0.1) is 6.61 Å². The molecule has 0 aromatic heterocycles. The van der Waals surface area contributed by atoms with Crippen LogP contribution in [-0.4, -0.2) is 38.9 Å². The molecule has 0 spiro atoms. The first-order valence-corrected chi connectivity index (χ1v) is 7.30. The van der Waals surface area contributed by atoms with E-state index in [-0.39, 0.29) is 11.3 Å². The van der Waals surface area contributed by atoms with Crippen LogP contribution in [0.3, 0.4) is 0 Å². The van der Waals surface area contributed by atoms with Gasteiger partial charge in [-0.2, -0.15) is 0 Å². The van der Waals surface area contributed by atoms with Gasteiger partial charge in [0.1, 0.15) is 0 Å². The third-order valence-electron chi connectivity index (χ3n) is 4.09. The molecule has 1 unspecified atom stereocenters. The standard InChI is InChI=1S/C15H25NO3/c1-15(6-9-18-10-7-15)5-4-14(17)16-11-13-3-2-8-19-12-13/h4-5,13H,2-3,6-12H2,1H3,(H,16,17). The molecule has 0 aliphatic carbocycles. The Balaban J connectivity index is 1.70. The highest BCUT2D eigenvalue weighted by molar-refractivity contribution is 5.87. The fourth-order valence-electron chi connectivity index (χ4n) is 2.55. The number of rotatable bonds is 4. The maximum atomic E-state index is 11.8. The van der Waals surface area contributed by atoms with Gasteiger partial charge in [0, 0.05) is 26.4 Å². The summed E-state index contributed by atoms with van der Waals surface area (Å²) in [5.41, 5.74) is 0.115. The van der Waals surface area contributed by atoms with E-state index in [4.69, 9.17) is 9.47 Å². The molecule has 2 heterocycles. The number of hydrogen-bond donors (Lipinski definition) is 1. The molecule has 0 radical (unpaired) electrons. The lowest BCUT2D eigenvalue weighted by Crippen LogP contribution is -2.32. The van der Waals surface area contributed by atoms with E-state index in [1.54, 1.807) is 6.08 Å². The van der Waals surface area contributed by atoms with E-state index < -0.39 is 0 Å². The Bertz CT molecular complexity index is 315. The summed E-state index contributed by atoms with van der Waals surface area (Å²) in [6, 6.07) is 0. The summed E-state index contributed by atoms with van der Waals surface area (Å²) in [4.78, 5) is 11.8. The molecule has 0 bridgehead atoms. The normalized spacial score (nSPS) is 27.3. The van der Waals surface area contributed by atoms with Gasteiger partial charge in [0.2, 0.25) is 5.91 Å². The molecule has 4 heteroatoms. The Hall–Kier alpha value is -0.870. The molecule has 2 rings (SSSR count). The van der Waals surface area contributed by atoms with Crippen LogP contribution in [-0.2, 0) is 14.3 Å². The first kappa shape index (κ1) is 14.5. The highest BCUT2D eigenvalue weighted by Crippen LogP contribution is 2.30. The van der Waals surface area contributed by atoms with Crippen molar-refractivity contribution in [2.24, 2.45) is 11.3 Å². The van der Waals surface area contributed by atoms with Crippen molar-refractivity contribution in [2.75, 3.05) is 33.0 Å². The zero-order chi connectivity index (χ0) is 13.6. The van der Waals surface area contributed by atoms with Crippen LogP contribution in [0.5, 0.6) is 0 Å². The summed E-state index contributed by atoms with van der Waals surface area (Å²) in [6.45, 7) is 6.14. The van der Waals surface area contributed by atoms with Gasteiger partial charge in [-0.1, -0.05) is 13.0 Å². The lowest BCUT2D eigenvalue weighted by Gasteiger charge is -2.30. The van der Waals surface area contributed by atoms with Crippen LogP contribution in [0.15, 0.2) is 12.2 Å². The average molecular weight is 267 g/mol. The van der Waals surface area contributed by atoms with Gasteiger partial charge in [-0.3, -0.25) is 4.79 Å². The van der Waals surface area contributed by atoms with Crippen molar-refractivity contribution in [3.05, 3.63) is 12.2 Å². The van der Waals surface area contributed by atoms with Gasteiger partial charge < -0.3 is 14.8 Å². The van der Waals surface area contributed by atoms with Gasteiger partial charge in [-0.25, -0.2) is 0 Å². The highest BCUT2D eigenvalue weighted by Gasteiger charge is 2.24. The molecule has 0 saturated carbocycles. The van der Waals surface area contributed by atoms with Crippen molar-refractivity contribution in [1.82, 2.24) is 5.32 Å². The second kappa shape index (κ2) is 7.06. The second-order valence-corrected chi connectivity index (χ2v) is 5.93. The Morgan fingerprint density at radius 3 is 2.79 bits per heavy atom. The Labute approximate surface area is 115 Å². The van der Waals surface area contributed by atoms with Crippen LogP contribution in [0, 0.1) is 11.3 Å². The van der Waals surface area contributed by atoms with Crippen molar-refractivity contribution < 1.29 is 14.3 Å². The maximum Gasteiger partial charge on any atom is 0.243 e. The van der Waals surface area contributed by atoms with E-state index in [1.165, 1.54) is 0 Å². The summed E-state index contributed by atoms with van der Waals surface area (Å²) in [6.07, 6.45) is 7.98. The highest BCUT2D eigenvalue weighted by atomic mass is 16.5. The largest absolute Gasteiger partial charge is 0.381 e. The maximum absolute atomic E-state index is 11.8. The predicted molar refractivity (Wildman–Crippen MR) is 73.9 cm³/mol. The van der Waals surface area contributed by atoms with Crippen LogP contribution < -0.4 is 5.32 Å². The zero-order valence-corrected chi connectivity index (χ0v) is 11.8. The van der Waals surface area contributed by atoms with E-state index in [1.807, 2.05) is 6.08 Å². The van der Waals surface area contributed by atoms with Crippen LogP contribution in [0.4, 0.5) is 0 Å². The van der Waals surface area contributed by atoms with E-state index in [2.05, 4.69) is 12.2 Å². The molecule has 19 heavy (non-hydrogen) atoms. The van der Waals surface area contributed by atoms with Gasteiger partial charge in [0.25, 0.3) is 0 Å². The zero-order valence-electron chi connectivity index (χ0n) is 11.8. The van der Waals surface area contributed by atoms with Crippen LogP contribution in [0.2, 0.25) is 0 Å². The SMILES string of the molecule is CC1(C=CC(=O)NCC2CCCOC2)CCOCC1. The summed E-state index contributed by atoms with van der Waals surface area (Å²) < 4.78 is 10.8. The van der Waals surface area contributed by atoms with E-state index in [0.29, 0.717) is 5.92 Å². The molecular formula is C15H25NO3. The second-order valence-electron chi connectivity index (χ2n) is 5.93. The van der Waals surface area contributed by atoms with E-state index in [9.17, 15) is 4.79 Å². The lowest BCUT2D eigenvalue weighted by atomic mass is 9.82. The number of ether oxygens (including phenoxy) is 2. The lowest BCUT2D eigenvalue weighted by molar-refractivity contribution is -0.117. The number of hydrogen-bond acceptors (Lipinski definition) is 3. The molecule has 0 aromatic rings. The fraction of sp³-hybridized carbons (Fsp3) is 0.800. The number of allylic oxidation sites excluding steroid dienone is 1. The summed E-state index contributed by atoms with van der Waals surface area (Å²) >= 11 is 0. The van der Waals surface area contributed by atoms with Crippen LogP contribution in [0.25, 0.3) is 0 Å². The molecule has 1 N–H and O–H groups in total. The topological polar surface area (TPSA) is 47.6 Å². The summed E-state index contributed by atoms with van der Waals surface area (Å²) in [5, 5.41) is 2.97. The number of amides is 1. The Kier molecular flexibility index (Phi) is 5.40. The molecule has 2 saturated heterocycles. The van der Waals surface area contributed by atoms with Gasteiger partial charge in [-0.05, 0) is 43.1 Å². The minimum Gasteiger partial charge on any atom is -0.381 e. The van der Waals surface area contributed by atoms with Crippen molar-refractivity contribution in [1.29, 1.82) is 0 Å². The number of nitrogens with one attached hydrogen (secondary N) is 1. The average Bonchev–Trinajstić information content (AvgIpc) is 2.45. The molecule has 0 aromatic carbocycles. The summed E-state index contributed by atoms with van der Waals surface area (Å²) in [7, 11) is 0. The van der Waals surface area contributed by atoms with Crippen LogP contribution >= 0.6 is 0 Å². The molecule has 4 nitrogen and oxygen atoms in total. The predicted octanol–water partition coefficient (Wildman–Crippen LogP) is 1.90. The van der Waals surface area contributed by atoms with Gasteiger partial charge in [-0.15, -0.1) is 0 Å². The smallest absolute Gasteiger partial charge is 0.243 e. The van der Waals surface area contributed by atoms with Crippen LogP contribution in [0.1, 0.15) is 32.6 Å². The third kappa shape index (κ3) is 4.96. The van der Waals surface area contributed by atoms with E-state index in [0.717, 1.165) is 58.7 Å². The molecule has 108 valence electrons. The first-order chi connectivity index (χ1) is 9.18. The fourth-order valence-corrected chi connectivity index (χ4v) is 2.55. The van der Waals surface area contributed by atoms with E-state index >= 15 is 0 Å². The molecule has 1 atom stereocenters. The molecule has 2 aliphatic rings. The Morgan fingerprint density at radius 2 is 2.11 bits per heavy atom. The number of carbonyl (C=O) groups excluding carboxylic acids is 1. The first-order valence-electron chi connectivity index (χ1n) is 7.30. The minimum absolute atomic E-state index is 0.0123. The van der Waals surface area contributed by atoms with Crippen molar-refractivity contribution in [3.8, 4) is 0 Å². The van der Waals surface area contributed by atoms with Crippen molar-refractivity contribution in [2.45, 2.75) is 32.6 Å². The van der Waals surface area contributed by atoms with Crippen molar-refractivity contribution >= 4 is 5.91 Å². The van der Waals surface area contributed by atoms with Gasteiger partial charge in [0.15, 0.2) is 0 Å². The Morgan fingerprint density at radius 1 is 1.32 bits per heavy atom. The third-order valence-corrected chi connectivity index (χ3v) is 4.09. The minimum atomic E-state index is 0.0123. The summed E-state index contributed by atoms with van der Waals surface area (Å²) in [5.74, 6) is 0.489. The molecule has 1 amide bonds. The van der Waals surface area contributed by atoms with Gasteiger partial charge >= 0.3 is 0 Å². The monoisotopic (exact) mass is 267 g/mol. The van der Waals surface area contributed by atoms with Crippen molar-refractivity contribution in [3.63, 3.8) is 0 Å².